The second-order valence-electron chi connectivity index (χ2n) is 7.46. The molecule has 104 valence electrons. The third-order valence-corrected chi connectivity index (χ3v) is 6.46. The first-order valence-corrected chi connectivity index (χ1v) is 8.01. The van der Waals surface area contributed by atoms with E-state index >= 15 is 0 Å². The van der Waals surface area contributed by atoms with Crippen LogP contribution < -0.4 is 5.32 Å². The lowest BCUT2D eigenvalue weighted by molar-refractivity contribution is 0.120. The zero-order chi connectivity index (χ0) is 12.8. The van der Waals surface area contributed by atoms with Gasteiger partial charge in [-0.3, -0.25) is 0 Å². The fourth-order valence-electron chi connectivity index (χ4n) is 4.97. The van der Waals surface area contributed by atoms with Gasteiger partial charge in [-0.15, -0.1) is 0 Å². The molecule has 0 radical (unpaired) electrons. The van der Waals surface area contributed by atoms with Crippen LogP contribution in [0.3, 0.4) is 0 Å². The van der Waals surface area contributed by atoms with Gasteiger partial charge in [0.05, 0.1) is 0 Å². The molecule has 2 bridgehead atoms. The van der Waals surface area contributed by atoms with E-state index in [1.54, 1.807) is 0 Å². The average Bonchev–Trinajstić information content (AvgIpc) is 3.07. The molecular formula is C16H29NO. The predicted molar refractivity (Wildman–Crippen MR) is 74.3 cm³/mol. The van der Waals surface area contributed by atoms with E-state index in [2.05, 4.69) is 19.2 Å². The van der Waals surface area contributed by atoms with Crippen LogP contribution in [0.1, 0.15) is 52.4 Å². The highest BCUT2D eigenvalue weighted by Crippen LogP contribution is 2.58. The minimum Gasteiger partial charge on any atom is -0.396 e. The molecule has 6 atom stereocenters. The molecule has 0 saturated heterocycles. The van der Waals surface area contributed by atoms with E-state index in [4.69, 9.17) is 0 Å². The summed E-state index contributed by atoms with van der Waals surface area (Å²) in [7, 11) is 0. The van der Waals surface area contributed by atoms with Crippen molar-refractivity contribution in [3.63, 3.8) is 0 Å². The molecule has 0 aliphatic heterocycles. The van der Waals surface area contributed by atoms with Crippen LogP contribution in [0.2, 0.25) is 0 Å². The lowest BCUT2D eigenvalue weighted by atomic mass is 9.78. The summed E-state index contributed by atoms with van der Waals surface area (Å²) in [6.07, 6.45) is 8.46. The van der Waals surface area contributed by atoms with Crippen molar-refractivity contribution in [2.45, 2.75) is 58.4 Å². The van der Waals surface area contributed by atoms with Crippen LogP contribution in [-0.2, 0) is 0 Å². The number of hydrogen-bond donors (Lipinski definition) is 2. The third kappa shape index (κ3) is 2.02. The minimum atomic E-state index is 0.0803. The lowest BCUT2D eigenvalue weighted by Gasteiger charge is -2.35. The average molecular weight is 251 g/mol. The molecule has 0 spiro atoms. The molecule has 3 aliphatic rings. The van der Waals surface area contributed by atoms with Gasteiger partial charge in [-0.2, -0.15) is 0 Å². The first kappa shape index (κ1) is 12.9. The van der Waals surface area contributed by atoms with Gasteiger partial charge in [-0.25, -0.2) is 0 Å². The Bertz CT molecular complexity index is 299. The third-order valence-electron chi connectivity index (χ3n) is 6.46. The summed E-state index contributed by atoms with van der Waals surface area (Å²) >= 11 is 0. The van der Waals surface area contributed by atoms with Crippen molar-refractivity contribution in [2.75, 3.05) is 13.2 Å². The number of rotatable bonds is 5. The van der Waals surface area contributed by atoms with Gasteiger partial charge < -0.3 is 10.4 Å². The van der Waals surface area contributed by atoms with Gasteiger partial charge in [0, 0.05) is 24.6 Å². The maximum atomic E-state index is 9.50. The largest absolute Gasteiger partial charge is 0.396 e. The summed E-state index contributed by atoms with van der Waals surface area (Å²) < 4.78 is 0. The first-order chi connectivity index (χ1) is 8.67. The Morgan fingerprint density at radius 2 is 1.94 bits per heavy atom. The van der Waals surface area contributed by atoms with Gasteiger partial charge in [0.25, 0.3) is 0 Å². The van der Waals surface area contributed by atoms with E-state index in [9.17, 15) is 5.11 Å². The Morgan fingerprint density at radius 3 is 2.67 bits per heavy atom. The second-order valence-corrected chi connectivity index (χ2v) is 7.46. The Hall–Kier alpha value is -0.0800. The smallest absolute Gasteiger partial charge is 0.0496 e. The molecule has 3 fully saturated rings. The van der Waals surface area contributed by atoms with E-state index in [1.807, 2.05) is 0 Å². The second kappa shape index (κ2) is 4.79. The van der Waals surface area contributed by atoms with Crippen LogP contribution >= 0.6 is 0 Å². The van der Waals surface area contributed by atoms with Gasteiger partial charge in [0.15, 0.2) is 0 Å². The van der Waals surface area contributed by atoms with Crippen LogP contribution in [-0.4, -0.2) is 24.3 Å². The molecule has 0 aromatic carbocycles. The molecule has 2 N–H and O–H groups in total. The SMILES string of the molecule is CCC(C)(CO)CNC1CC2CC1C1CCCC21. The molecule has 0 aromatic heterocycles. The van der Waals surface area contributed by atoms with Gasteiger partial charge in [0.1, 0.15) is 0 Å². The standard InChI is InChI=1S/C16H29NO/c1-3-16(2,10-18)9-17-15-8-11-7-14(15)13-6-4-5-12(11)13/h11-15,17-18H,3-10H2,1-2H3. The maximum absolute atomic E-state index is 9.50. The molecule has 18 heavy (non-hydrogen) atoms. The zero-order valence-electron chi connectivity index (χ0n) is 12.0. The van der Waals surface area contributed by atoms with Crippen LogP contribution in [0.25, 0.3) is 0 Å². The summed E-state index contributed by atoms with van der Waals surface area (Å²) in [5, 5.41) is 13.3. The highest BCUT2D eigenvalue weighted by molar-refractivity contribution is 5.05. The molecule has 6 unspecified atom stereocenters. The molecule has 0 aromatic rings. The van der Waals surface area contributed by atoms with E-state index in [1.165, 1.54) is 32.1 Å². The molecule has 2 heteroatoms. The summed E-state index contributed by atoms with van der Waals surface area (Å²) in [6, 6.07) is 0.756. The fraction of sp³-hybridized carbons (Fsp3) is 1.00. The maximum Gasteiger partial charge on any atom is 0.0496 e. The van der Waals surface area contributed by atoms with E-state index in [0.717, 1.165) is 42.7 Å². The monoisotopic (exact) mass is 251 g/mol. The molecule has 2 nitrogen and oxygen atoms in total. The van der Waals surface area contributed by atoms with Crippen molar-refractivity contribution < 1.29 is 5.11 Å². The molecular weight excluding hydrogens is 222 g/mol. The van der Waals surface area contributed by atoms with Gasteiger partial charge in [0.2, 0.25) is 0 Å². The van der Waals surface area contributed by atoms with Crippen LogP contribution in [0.5, 0.6) is 0 Å². The first-order valence-electron chi connectivity index (χ1n) is 8.01. The lowest BCUT2D eigenvalue weighted by Crippen LogP contribution is -2.44. The number of fused-ring (bicyclic) bond motifs is 5. The van der Waals surface area contributed by atoms with Crippen molar-refractivity contribution in [1.29, 1.82) is 0 Å². The van der Waals surface area contributed by atoms with Crippen molar-refractivity contribution >= 4 is 0 Å². The zero-order valence-corrected chi connectivity index (χ0v) is 12.0. The Morgan fingerprint density at radius 1 is 1.17 bits per heavy atom. The Labute approximate surface area is 112 Å². The van der Waals surface area contributed by atoms with E-state index < -0.39 is 0 Å². The van der Waals surface area contributed by atoms with Crippen LogP contribution in [0.4, 0.5) is 0 Å². The normalized spacial score (nSPS) is 45.2. The van der Waals surface area contributed by atoms with E-state index in [-0.39, 0.29) is 5.41 Å². The number of hydrogen-bond acceptors (Lipinski definition) is 2. The quantitative estimate of drug-likeness (QED) is 0.787. The summed E-state index contributed by atoms with van der Waals surface area (Å²) in [4.78, 5) is 0. The minimum absolute atomic E-state index is 0.0803. The van der Waals surface area contributed by atoms with Gasteiger partial charge in [-0.05, 0) is 55.8 Å². The summed E-state index contributed by atoms with van der Waals surface area (Å²) in [5.74, 6) is 4.12. The van der Waals surface area contributed by atoms with Crippen molar-refractivity contribution in [2.24, 2.45) is 29.1 Å². The molecule has 0 amide bonds. The molecule has 3 rings (SSSR count). The molecule has 3 saturated carbocycles. The fourth-order valence-corrected chi connectivity index (χ4v) is 4.97. The Balaban J connectivity index is 1.56. The van der Waals surface area contributed by atoms with E-state index in [0.29, 0.717) is 6.61 Å². The van der Waals surface area contributed by atoms with Crippen LogP contribution in [0, 0.1) is 29.1 Å². The van der Waals surface area contributed by atoms with Gasteiger partial charge >= 0.3 is 0 Å². The van der Waals surface area contributed by atoms with Crippen LogP contribution in [0.15, 0.2) is 0 Å². The highest BCUT2D eigenvalue weighted by atomic mass is 16.3. The van der Waals surface area contributed by atoms with Crippen molar-refractivity contribution in [3.05, 3.63) is 0 Å². The summed E-state index contributed by atoms with van der Waals surface area (Å²) in [6.45, 7) is 5.69. The summed E-state index contributed by atoms with van der Waals surface area (Å²) in [5.41, 5.74) is 0.0803. The number of nitrogens with one attached hydrogen (secondary N) is 1. The van der Waals surface area contributed by atoms with Crippen molar-refractivity contribution in [1.82, 2.24) is 5.32 Å². The predicted octanol–water partition coefficient (Wildman–Crippen LogP) is 2.81. The number of aliphatic hydroxyl groups excluding tert-OH is 1. The highest BCUT2D eigenvalue weighted by Gasteiger charge is 2.53. The molecule has 0 heterocycles. The molecule has 3 aliphatic carbocycles. The number of aliphatic hydroxyl groups is 1. The van der Waals surface area contributed by atoms with Gasteiger partial charge in [-0.1, -0.05) is 20.3 Å². The van der Waals surface area contributed by atoms with Crippen molar-refractivity contribution in [3.8, 4) is 0 Å². The topological polar surface area (TPSA) is 32.3 Å². The Kier molecular flexibility index (Phi) is 3.44.